The highest BCUT2D eigenvalue weighted by atomic mass is 16.5. The van der Waals surface area contributed by atoms with Gasteiger partial charge in [-0.05, 0) is 83.5 Å². The monoisotopic (exact) mass is 900 g/mol. The summed E-state index contributed by atoms with van der Waals surface area (Å²) in [5, 5.41) is 23.2. The molecule has 0 saturated heterocycles. The van der Waals surface area contributed by atoms with E-state index in [1.807, 2.05) is 0 Å². The van der Waals surface area contributed by atoms with Gasteiger partial charge in [-0.2, -0.15) is 0 Å². The van der Waals surface area contributed by atoms with Crippen molar-refractivity contribution in [1.82, 2.24) is 5.32 Å². The van der Waals surface area contributed by atoms with Gasteiger partial charge in [0, 0.05) is 12.8 Å². The van der Waals surface area contributed by atoms with Crippen molar-refractivity contribution < 1.29 is 24.5 Å². The molecular weight excluding hydrogens is 791 g/mol. The molecule has 0 heterocycles. The van der Waals surface area contributed by atoms with Gasteiger partial charge in [0.05, 0.1) is 25.4 Å². The Labute approximate surface area is 398 Å². The van der Waals surface area contributed by atoms with E-state index in [0.717, 1.165) is 70.6 Å². The van der Waals surface area contributed by atoms with Crippen LogP contribution in [0.2, 0.25) is 0 Å². The molecule has 376 valence electrons. The summed E-state index contributed by atoms with van der Waals surface area (Å²) in [4.78, 5) is 24.5. The number of esters is 1. The van der Waals surface area contributed by atoms with Gasteiger partial charge >= 0.3 is 5.97 Å². The molecule has 0 fully saturated rings. The summed E-state index contributed by atoms with van der Waals surface area (Å²) in [7, 11) is 0. The van der Waals surface area contributed by atoms with Gasteiger partial charge in [-0.3, -0.25) is 9.59 Å². The Bertz CT molecular complexity index is 1040. The van der Waals surface area contributed by atoms with E-state index in [1.54, 1.807) is 0 Å². The Balaban J connectivity index is 3.46. The maximum absolute atomic E-state index is 12.5. The number of ether oxygens (including phenoxy) is 1. The molecule has 2 unspecified atom stereocenters. The minimum Gasteiger partial charge on any atom is -0.466 e. The molecular formula is C58H109NO5. The third-order valence-electron chi connectivity index (χ3n) is 12.9. The van der Waals surface area contributed by atoms with Gasteiger partial charge in [-0.15, -0.1) is 0 Å². The van der Waals surface area contributed by atoms with E-state index in [4.69, 9.17) is 4.74 Å². The lowest BCUT2D eigenvalue weighted by Gasteiger charge is -2.22. The van der Waals surface area contributed by atoms with Gasteiger partial charge in [-0.25, -0.2) is 0 Å². The van der Waals surface area contributed by atoms with E-state index in [9.17, 15) is 19.8 Å². The Hall–Kier alpha value is -1.92. The average Bonchev–Trinajstić information content (AvgIpc) is 3.29. The molecule has 0 aromatic carbocycles. The first-order chi connectivity index (χ1) is 31.5. The van der Waals surface area contributed by atoms with Crippen molar-refractivity contribution in [1.29, 1.82) is 0 Å². The van der Waals surface area contributed by atoms with Crippen LogP contribution in [0.15, 0.2) is 36.5 Å². The summed E-state index contributed by atoms with van der Waals surface area (Å²) < 4.78 is 5.46. The van der Waals surface area contributed by atoms with E-state index in [2.05, 4.69) is 55.6 Å². The van der Waals surface area contributed by atoms with Crippen molar-refractivity contribution in [2.45, 2.75) is 309 Å². The van der Waals surface area contributed by atoms with E-state index in [0.29, 0.717) is 25.9 Å². The van der Waals surface area contributed by atoms with E-state index in [-0.39, 0.29) is 18.5 Å². The largest absolute Gasteiger partial charge is 0.466 e. The molecule has 6 heteroatoms. The number of carbonyl (C=O) groups is 2. The van der Waals surface area contributed by atoms with Crippen LogP contribution in [0.25, 0.3) is 0 Å². The van der Waals surface area contributed by atoms with Crippen molar-refractivity contribution in [3.05, 3.63) is 36.5 Å². The number of rotatable bonds is 52. The smallest absolute Gasteiger partial charge is 0.305 e. The standard InChI is InChI=1S/C58H109NO5/c1-3-5-7-9-11-13-15-17-23-28-32-36-40-44-48-52-58(63)64-53-49-45-41-37-33-29-25-22-20-19-21-24-27-31-35-39-43-47-51-57(62)59-55(54-60)56(61)50-46-42-38-34-30-26-18-16-14-12-10-8-6-4-2/h11,13,17,21,23-24,55-56,60-61H,3-10,12,14-16,18-20,22,25-54H2,1-2H3,(H,59,62)/b13-11-,23-17-,24-21-. The zero-order valence-corrected chi connectivity index (χ0v) is 42.8. The second-order valence-electron chi connectivity index (χ2n) is 19.3. The van der Waals surface area contributed by atoms with Gasteiger partial charge in [0.1, 0.15) is 0 Å². The molecule has 0 radical (unpaired) electrons. The summed E-state index contributed by atoms with van der Waals surface area (Å²) in [5.74, 6) is -0.0608. The van der Waals surface area contributed by atoms with E-state index in [1.165, 1.54) is 193 Å². The maximum atomic E-state index is 12.5. The number of aliphatic hydroxyl groups is 2. The number of hydrogen-bond donors (Lipinski definition) is 3. The Morgan fingerprint density at radius 3 is 1.23 bits per heavy atom. The van der Waals surface area contributed by atoms with Gasteiger partial charge < -0.3 is 20.3 Å². The van der Waals surface area contributed by atoms with Crippen LogP contribution < -0.4 is 5.32 Å². The molecule has 64 heavy (non-hydrogen) atoms. The molecule has 0 aliphatic heterocycles. The number of carbonyl (C=O) groups excluding carboxylic acids is 2. The minimum absolute atomic E-state index is 0.0113. The van der Waals surface area contributed by atoms with Crippen molar-refractivity contribution in [3.8, 4) is 0 Å². The Morgan fingerprint density at radius 1 is 0.438 bits per heavy atom. The Kier molecular flexibility index (Phi) is 52.1. The summed E-state index contributed by atoms with van der Waals surface area (Å²) in [6.07, 6.45) is 65.5. The highest BCUT2D eigenvalue weighted by molar-refractivity contribution is 5.76. The highest BCUT2D eigenvalue weighted by Gasteiger charge is 2.20. The second kappa shape index (κ2) is 53.7. The third kappa shape index (κ3) is 49.5. The molecule has 0 aliphatic rings. The molecule has 0 aromatic heterocycles. The van der Waals surface area contributed by atoms with Crippen LogP contribution in [0.4, 0.5) is 0 Å². The number of allylic oxidation sites excluding steroid dienone is 6. The van der Waals surface area contributed by atoms with Crippen LogP contribution in [0, 0.1) is 0 Å². The van der Waals surface area contributed by atoms with Crippen molar-refractivity contribution in [3.63, 3.8) is 0 Å². The number of nitrogens with one attached hydrogen (secondary N) is 1. The van der Waals surface area contributed by atoms with Crippen LogP contribution in [-0.2, 0) is 14.3 Å². The summed E-state index contributed by atoms with van der Waals surface area (Å²) in [5.41, 5.74) is 0. The fraction of sp³-hybridized carbons (Fsp3) is 0.862. The summed E-state index contributed by atoms with van der Waals surface area (Å²) in [6, 6.07) is -0.552. The van der Waals surface area contributed by atoms with Gasteiger partial charge in [0.2, 0.25) is 5.91 Å². The van der Waals surface area contributed by atoms with Crippen LogP contribution in [0.1, 0.15) is 296 Å². The molecule has 6 nitrogen and oxygen atoms in total. The van der Waals surface area contributed by atoms with Crippen LogP contribution in [0.5, 0.6) is 0 Å². The molecule has 0 spiro atoms. The summed E-state index contributed by atoms with van der Waals surface area (Å²) >= 11 is 0. The number of unbranched alkanes of at least 4 members (excludes halogenated alkanes) is 35. The van der Waals surface area contributed by atoms with Crippen molar-refractivity contribution in [2.75, 3.05) is 13.2 Å². The maximum Gasteiger partial charge on any atom is 0.305 e. The molecule has 0 saturated carbocycles. The topological polar surface area (TPSA) is 95.9 Å². The molecule has 0 bridgehead atoms. The lowest BCUT2D eigenvalue weighted by Crippen LogP contribution is -2.45. The van der Waals surface area contributed by atoms with Gasteiger partial charge in [0.15, 0.2) is 0 Å². The summed E-state index contributed by atoms with van der Waals surface area (Å²) in [6.45, 7) is 4.91. The second-order valence-corrected chi connectivity index (χ2v) is 19.3. The van der Waals surface area contributed by atoms with E-state index >= 15 is 0 Å². The fourth-order valence-electron chi connectivity index (χ4n) is 8.55. The highest BCUT2D eigenvalue weighted by Crippen LogP contribution is 2.16. The lowest BCUT2D eigenvalue weighted by atomic mass is 10.0. The zero-order valence-electron chi connectivity index (χ0n) is 42.8. The number of aliphatic hydroxyl groups excluding tert-OH is 2. The third-order valence-corrected chi connectivity index (χ3v) is 12.9. The average molecular weight is 901 g/mol. The van der Waals surface area contributed by atoms with Gasteiger partial charge in [0.25, 0.3) is 0 Å². The van der Waals surface area contributed by atoms with E-state index < -0.39 is 12.1 Å². The normalized spacial score (nSPS) is 12.9. The van der Waals surface area contributed by atoms with Gasteiger partial charge in [-0.1, -0.05) is 237 Å². The first-order valence-corrected chi connectivity index (χ1v) is 28.2. The quantitative estimate of drug-likeness (QED) is 0.0321. The lowest BCUT2D eigenvalue weighted by molar-refractivity contribution is -0.143. The van der Waals surface area contributed by atoms with Crippen LogP contribution >= 0.6 is 0 Å². The minimum atomic E-state index is -0.673. The van der Waals surface area contributed by atoms with Crippen LogP contribution in [-0.4, -0.2) is 47.4 Å². The molecule has 3 N–H and O–H groups in total. The molecule has 2 atom stereocenters. The zero-order chi connectivity index (χ0) is 46.5. The Morgan fingerprint density at radius 2 is 0.781 bits per heavy atom. The number of amides is 1. The first-order valence-electron chi connectivity index (χ1n) is 28.2. The molecule has 0 rings (SSSR count). The van der Waals surface area contributed by atoms with Crippen molar-refractivity contribution in [2.24, 2.45) is 0 Å². The van der Waals surface area contributed by atoms with Crippen molar-refractivity contribution >= 4 is 11.9 Å². The predicted octanol–water partition coefficient (Wildman–Crippen LogP) is 17.2. The fourth-order valence-corrected chi connectivity index (χ4v) is 8.55. The van der Waals surface area contributed by atoms with Crippen LogP contribution in [0.3, 0.4) is 0 Å². The first kappa shape index (κ1) is 62.1. The molecule has 1 amide bonds. The molecule has 0 aromatic rings. The predicted molar refractivity (Wildman–Crippen MR) is 278 cm³/mol. The number of hydrogen-bond acceptors (Lipinski definition) is 5. The SMILES string of the molecule is CCCCC/C=C\C/C=C\CCCCCCCC(=O)OCCCCCCCCCCC/C=C\CCCCCCCC(=O)NC(CO)C(O)CCCCCCCCCCCCCCCC. The molecule has 0 aliphatic carbocycles.